The molecule has 3 N–H and O–H groups in total. The molecule has 1 atom stereocenters. The summed E-state index contributed by atoms with van der Waals surface area (Å²) in [6.07, 6.45) is 2.71. The number of hydrogen-bond donors (Lipinski definition) is 2. The van der Waals surface area contributed by atoms with E-state index >= 15 is 0 Å². The van der Waals surface area contributed by atoms with E-state index in [4.69, 9.17) is 10.6 Å². The van der Waals surface area contributed by atoms with Gasteiger partial charge >= 0.3 is 0 Å². The van der Waals surface area contributed by atoms with Crippen molar-refractivity contribution in [1.29, 1.82) is 0 Å². The Balaban J connectivity index is 2.24. The maximum absolute atomic E-state index is 5.75. The minimum absolute atomic E-state index is 0.101. The Bertz CT molecular complexity index is 543. The van der Waals surface area contributed by atoms with Crippen LogP contribution in [0.3, 0.4) is 0 Å². The van der Waals surface area contributed by atoms with Crippen LogP contribution in [0.4, 0.5) is 0 Å². The van der Waals surface area contributed by atoms with Gasteiger partial charge in [-0.1, -0.05) is 34.1 Å². The molecule has 0 spiro atoms. The molecule has 1 aromatic heterocycles. The Hall–Kier alpha value is -1.21. The Morgan fingerprint density at radius 3 is 2.90 bits per heavy atom. The third kappa shape index (κ3) is 3.46. The molecule has 108 valence electrons. The van der Waals surface area contributed by atoms with Gasteiger partial charge in [-0.05, 0) is 24.1 Å². The molecule has 1 heterocycles. The summed E-state index contributed by atoms with van der Waals surface area (Å²) in [5.41, 5.74) is 4.99. The zero-order chi connectivity index (χ0) is 14.4. The Morgan fingerprint density at radius 1 is 1.40 bits per heavy atom. The Morgan fingerprint density at radius 2 is 2.20 bits per heavy atom. The summed E-state index contributed by atoms with van der Waals surface area (Å²) in [6.45, 7) is 1.52. The minimum atomic E-state index is -0.101. The van der Waals surface area contributed by atoms with Crippen LogP contribution in [0.5, 0.6) is 0 Å². The molecule has 6 heteroatoms. The highest BCUT2D eigenvalue weighted by atomic mass is 79.9. The van der Waals surface area contributed by atoms with E-state index < -0.39 is 0 Å². The van der Waals surface area contributed by atoms with E-state index in [1.165, 1.54) is 0 Å². The lowest BCUT2D eigenvalue weighted by Gasteiger charge is -2.19. The van der Waals surface area contributed by atoms with Crippen molar-refractivity contribution in [2.24, 2.45) is 5.84 Å². The van der Waals surface area contributed by atoms with Crippen LogP contribution in [0, 0.1) is 0 Å². The van der Waals surface area contributed by atoms with E-state index in [1.54, 1.807) is 13.3 Å². The number of aryl methyl sites for hydroxylation is 1. The number of halogens is 1. The predicted molar refractivity (Wildman–Crippen MR) is 82.0 cm³/mol. The van der Waals surface area contributed by atoms with Crippen LogP contribution in [0.1, 0.15) is 23.7 Å². The summed E-state index contributed by atoms with van der Waals surface area (Å²) in [6, 6.07) is 9.91. The highest BCUT2D eigenvalue weighted by molar-refractivity contribution is 9.10. The number of benzene rings is 1. The van der Waals surface area contributed by atoms with Crippen molar-refractivity contribution in [3.05, 3.63) is 52.3 Å². The summed E-state index contributed by atoms with van der Waals surface area (Å²) >= 11 is 3.57. The summed E-state index contributed by atoms with van der Waals surface area (Å²) in [5, 5.41) is 4.36. The quantitative estimate of drug-likeness (QED) is 0.461. The first kappa shape index (κ1) is 15.2. The average molecular weight is 339 g/mol. The van der Waals surface area contributed by atoms with Gasteiger partial charge in [-0.2, -0.15) is 5.10 Å². The second-order valence-corrected chi connectivity index (χ2v) is 5.30. The summed E-state index contributed by atoms with van der Waals surface area (Å²) in [5.74, 6) is 5.75. The van der Waals surface area contributed by atoms with Gasteiger partial charge in [0.05, 0.1) is 11.7 Å². The smallest absolute Gasteiger partial charge is 0.0889 e. The van der Waals surface area contributed by atoms with Crippen molar-refractivity contribution in [3.8, 4) is 0 Å². The highest BCUT2D eigenvalue weighted by Crippen LogP contribution is 2.27. The summed E-state index contributed by atoms with van der Waals surface area (Å²) in [7, 11) is 1.70. The number of rotatable bonds is 7. The molecule has 0 saturated heterocycles. The predicted octanol–water partition coefficient (Wildman–Crippen LogP) is 2.23. The van der Waals surface area contributed by atoms with E-state index in [0.29, 0.717) is 0 Å². The Kier molecular flexibility index (Phi) is 5.72. The van der Waals surface area contributed by atoms with Gasteiger partial charge in [-0.3, -0.25) is 10.5 Å². The van der Waals surface area contributed by atoms with Gasteiger partial charge < -0.3 is 4.74 Å². The van der Waals surface area contributed by atoms with Crippen LogP contribution in [-0.2, 0) is 11.3 Å². The lowest BCUT2D eigenvalue weighted by Crippen LogP contribution is -2.31. The van der Waals surface area contributed by atoms with Gasteiger partial charge in [0, 0.05) is 30.9 Å². The first-order valence-corrected chi connectivity index (χ1v) is 7.28. The molecule has 1 aromatic carbocycles. The lowest BCUT2D eigenvalue weighted by atomic mass is 10.0. The molecule has 2 aromatic rings. The average Bonchev–Trinajstić information content (AvgIpc) is 2.91. The van der Waals surface area contributed by atoms with E-state index in [2.05, 4.69) is 26.5 Å². The molecular weight excluding hydrogens is 320 g/mol. The number of hydrazine groups is 1. The van der Waals surface area contributed by atoms with E-state index in [0.717, 1.165) is 35.3 Å². The molecule has 0 aliphatic heterocycles. The molecule has 0 radical (unpaired) electrons. The van der Waals surface area contributed by atoms with Crippen LogP contribution in [-0.4, -0.2) is 23.5 Å². The fraction of sp³-hybridized carbons (Fsp3) is 0.357. The van der Waals surface area contributed by atoms with Crippen molar-refractivity contribution in [2.75, 3.05) is 13.7 Å². The minimum Gasteiger partial charge on any atom is -0.385 e. The molecule has 0 bridgehead atoms. The van der Waals surface area contributed by atoms with Gasteiger partial charge in [0.1, 0.15) is 0 Å². The monoisotopic (exact) mass is 338 g/mol. The number of nitrogens with zero attached hydrogens (tertiary/aromatic N) is 2. The molecule has 0 aliphatic carbocycles. The van der Waals surface area contributed by atoms with Crippen LogP contribution >= 0.6 is 15.9 Å². The summed E-state index contributed by atoms with van der Waals surface area (Å²) < 4.78 is 8.06. The molecule has 0 amide bonds. The van der Waals surface area contributed by atoms with E-state index in [-0.39, 0.29) is 6.04 Å². The number of methoxy groups -OCH3 is 1. The van der Waals surface area contributed by atoms with Gasteiger partial charge in [0.2, 0.25) is 0 Å². The maximum atomic E-state index is 5.75. The van der Waals surface area contributed by atoms with Crippen LogP contribution in [0.15, 0.2) is 41.0 Å². The molecule has 20 heavy (non-hydrogen) atoms. The molecular formula is C14H19BrN4O. The third-order valence-electron chi connectivity index (χ3n) is 3.15. The SMILES string of the molecule is COCCCn1nccc1C(NN)c1ccccc1Br. The standard InChI is InChI=1S/C14H19BrN4O/c1-20-10-4-9-19-13(7-8-17-19)14(18-16)11-5-2-3-6-12(11)15/h2-3,5-8,14,18H,4,9-10,16H2,1H3. The zero-order valence-corrected chi connectivity index (χ0v) is 13.0. The fourth-order valence-electron chi connectivity index (χ4n) is 2.18. The van der Waals surface area contributed by atoms with E-state index in [1.807, 2.05) is 35.0 Å². The molecule has 2 rings (SSSR count). The van der Waals surface area contributed by atoms with Crippen LogP contribution in [0.2, 0.25) is 0 Å². The summed E-state index contributed by atoms with van der Waals surface area (Å²) in [4.78, 5) is 0. The second kappa shape index (κ2) is 7.54. The van der Waals surface area contributed by atoms with Crippen molar-refractivity contribution in [2.45, 2.75) is 19.0 Å². The van der Waals surface area contributed by atoms with Crippen LogP contribution in [0.25, 0.3) is 0 Å². The third-order valence-corrected chi connectivity index (χ3v) is 3.87. The number of aromatic nitrogens is 2. The number of nitrogens with one attached hydrogen (secondary N) is 1. The fourth-order valence-corrected chi connectivity index (χ4v) is 2.69. The lowest BCUT2D eigenvalue weighted by molar-refractivity contribution is 0.188. The van der Waals surface area contributed by atoms with Gasteiger partial charge in [0.25, 0.3) is 0 Å². The first-order chi connectivity index (χ1) is 9.77. The maximum Gasteiger partial charge on any atom is 0.0889 e. The normalized spacial score (nSPS) is 12.6. The highest BCUT2D eigenvalue weighted by Gasteiger charge is 2.18. The number of ether oxygens (including phenoxy) is 1. The van der Waals surface area contributed by atoms with E-state index in [9.17, 15) is 0 Å². The second-order valence-electron chi connectivity index (χ2n) is 4.45. The van der Waals surface area contributed by atoms with Gasteiger partial charge in [0.15, 0.2) is 0 Å². The molecule has 0 saturated carbocycles. The van der Waals surface area contributed by atoms with Gasteiger partial charge in [-0.15, -0.1) is 0 Å². The van der Waals surface area contributed by atoms with Crippen molar-refractivity contribution in [1.82, 2.24) is 15.2 Å². The van der Waals surface area contributed by atoms with Crippen LogP contribution < -0.4 is 11.3 Å². The van der Waals surface area contributed by atoms with Crippen molar-refractivity contribution >= 4 is 15.9 Å². The van der Waals surface area contributed by atoms with Crippen molar-refractivity contribution < 1.29 is 4.74 Å². The molecule has 5 nitrogen and oxygen atoms in total. The topological polar surface area (TPSA) is 65.1 Å². The molecule has 0 fully saturated rings. The zero-order valence-electron chi connectivity index (χ0n) is 11.4. The largest absolute Gasteiger partial charge is 0.385 e. The Labute approximate surface area is 127 Å². The number of nitrogens with two attached hydrogens (primary N) is 1. The first-order valence-electron chi connectivity index (χ1n) is 6.49. The van der Waals surface area contributed by atoms with Crippen molar-refractivity contribution in [3.63, 3.8) is 0 Å². The number of hydrogen-bond acceptors (Lipinski definition) is 4. The molecule has 0 aliphatic rings. The van der Waals surface area contributed by atoms with Gasteiger partial charge in [-0.25, -0.2) is 5.43 Å². The molecule has 1 unspecified atom stereocenters.